The molecule has 3 unspecified atom stereocenters. The van der Waals surface area contributed by atoms with E-state index < -0.39 is 17.9 Å². The molecule has 4 heteroatoms. The molecular weight excluding hydrogens is 803 g/mol. The van der Waals surface area contributed by atoms with E-state index in [1.54, 1.807) is 0 Å². The van der Waals surface area contributed by atoms with Crippen molar-refractivity contribution in [3.63, 3.8) is 0 Å². The fraction of sp³-hybridized carbons (Fsp3) is 0.346. The maximum atomic E-state index is 8.34. The number of hydrogen-bond acceptors (Lipinski definition) is 1. The molecule has 1 nitrogen and oxygen atoms in total. The number of methoxy groups -OCH3 is 1. The Morgan fingerprint density at radius 3 is 1.50 bits per heavy atom. The molecule has 5 aromatic carbocycles. The van der Waals surface area contributed by atoms with E-state index in [1.807, 2.05) is 7.11 Å². The zero-order valence-corrected chi connectivity index (χ0v) is 39.3. The number of benzene rings is 5. The second-order valence-corrected chi connectivity index (χ2v) is 33.2. The van der Waals surface area contributed by atoms with E-state index in [0.29, 0.717) is 5.92 Å². The summed E-state index contributed by atoms with van der Waals surface area (Å²) in [5.74, 6) is 1.29. The third kappa shape index (κ3) is 6.65. The van der Waals surface area contributed by atoms with Gasteiger partial charge in [0.15, 0.2) is 0 Å². The number of fused-ring (bicyclic) bond motifs is 3. The molecule has 0 N–H and O–H groups in total. The third-order valence-electron chi connectivity index (χ3n) is 12.7. The molecule has 3 aliphatic rings. The molecule has 3 atom stereocenters. The van der Waals surface area contributed by atoms with E-state index in [0.717, 1.165) is 24.2 Å². The number of ether oxygens (including phenoxy) is 1. The van der Waals surface area contributed by atoms with Gasteiger partial charge in [-0.15, -0.1) is 0 Å². The van der Waals surface area contributed by atoms with Crippen LogP contribution in [0.15, 0.2) is 77.9 Å². The Hall–Kier alpha value is -3.16. The van der Waals surface area contributed by atoms with Gasteiger partial charge in [0, 0.05) is 0 Å². The summed E-state index contributed by atoms with van der Waals surface area (Å²) in [7, 11) is 18.5. The van der Waals surface area contributed by atoms with Crippen LogP contribution in [0.25, 0.3) is 34.4 Å². The van der Waals surface area contributed by atoms with Gasteiger partial charge in [0.25, 0.3) is 0 Å². The normalized spacial score (nSPS) is 18.8. The quantitative estimate of drug-likeness (QED) is 0.165. The predicted octanol–water partition coefficient (Wildman–Crippen LogP) is 15.3. The second kappa shape index (κ2) is 14.3. The third-order valence-corrected chi connectivity index (χ3v) is 25.4. The molecule has 0 saturated heterocycles. The number of allylic oxidation sites excluding steroid dienone is 2. The van der Waals surface area contributed by atoms with Crippen LogP contribution in [-0.2, 0) is 29.7 Å². The van der Waals surface area contributed by atoms with Crippen molar-refractivity contribution >= 4 is 29.2 Å². The van der Waals surface area contributed by atoms with Crippen LogP contribution in [0.5, 0.6) is 5.75 Å². The number of hydrogen-bond donors (Lipinski definition) is 0. The van der Waals surface area contributed by atoms with Gasteiger partial charge in [0.1, 0.15) is 0 Å². The Bertz CT molecular complexity index is 2470. The molecule has 0 saturated carbocycles. The first-order chi connectivity index (χ1) is 26.4. The topological polar surface area (TPSA) is 9.23 Å². The first-order valence-electron chi connectivity index (χ1n) is 20.3. The number of rotatable bonds is 6. The molecule has 56 heavy (non-hydrogen) atoms. The van der Waals surface area contributed by atoms with Crippen LogP contribution in [0.2, 0.25) is 0 Å². The molecule has 0 spiro atoms. The summed E-state index contributed by atoms with van der Waals surface area (Å²) in [6.45, 7) is 24.7. The molecule has 0 radical (unpaired) electrons. The summed E-state index contributed by atoms with van der Waals surface area (Å²) < 4.78 is 6.35. The molecule has 0 amide bonds. The van der Waals surface area contributed by atoms with Crippen LogP contribution in [0.1, 0.15) is 132 Å². The summed E-state index contributed by atoms with van der Waals surface area (Å²) in [4.78, 5) is 0. The van der Waals surface area contributed by atoms with E-state index >= 15 is 0 Å². The van der Waals surface area contributed by atoms with Gasteiger partial charge in [0.05, 0.1) is 0 Å². The van der Waals surface area contributed by atoms with Crippen molar-refractivity contribution in [2.45, 2.75) is 108 Å². The fourth-order valence-corrected chi connectivity index (χ4v) is 25.1. The Morgan fingerprint density at radius 1 is 0.571 bits per heavy atom. The SMILES string of the molecule is COc1c(C(C)(C)C)cc2c(c1-c1cc(C)cc(C)c1)C=C(C)[CH]2[Zr]([Cl])([Cl])[CH]1C(C)=Cc2c1cc1c(c2-c2cc(C)cc(C)c2)CCC1c1cc(C)cc(C)c1. The molecule has 0 bridgehead atoms. The van der Waals surface area contributed by atoms with Crippen LogP contribution in [0.3, 0.4) is 0 Å². The molecule has 3 aliphatic carbocycles. The predicted molar refractivity (Wildman–Crippen MR) is 239 cm³/mol. The first kappa shape index (κ1) is 39.7. The Balaban J connectivity index is 1.36. The van der Waals surface area contributed by atoms with Crippen LogP contribution < -0.4 is 4.74 Å². The number of halogens is 2. The monoisotopic (exact) mass is 856 g/mol. The standard InChI is InChI=1S/C29H29.C23H27O.2ClH.Zr/c1-17-8-18(2)11-22(10-17)25-6-7-26-28(25)16-23-12-21(5)15-27(23)29(26)24-13-19(3)9-20(4)14-24;1-14-8-15(2)11-18(10-14)21-19-12-16(3)9-17(19)13-20(22(21)24-7)23(4,5)6;;;/h8-16,25H,6-7H2,1-5H3;8-13H,1-7H3;2*1H;/q;;;;+2/p-2. The van der Waals surface area contributed by atoms with Crippen LogP contribution in [0.4, 0.5) is 0 Å². The molecule has 0 aromatic heterocycles. The fourth-order valence-electron chi connectivity index (χ4n) is 10.8. The van der Waals surface area contributed by atoms with Gasteiger partial charge in [-0.1, -0.05) is 0 Å². The van der Waals surface area contributed by atoms with Gasteiger partial charge in [0.2, 0.25) is 0 Å². The van der Waals surface area contributed by atoms with Crippen molar-refractivity contribution in [1.29, 1.82) is 0 Å². The number of aryl methyl sites for hydroxylation is 6. The van der Waals surface area contributed by atoms with Crippen LogP contribution >= 0.6 is 17.0 Å². The van der Waals surface area contributed by atoms with E-state index in [-0.39, 0.29) is 12.7 Å². The van der Waals surface area contributed by atoms with Crippen molar-refractivity contribution in [3.8, 4) is 28.0 Å². The molecule has 5 aromatic rings. The van der Waals surface area contributed by atoms with Crippen LogP contribution in [0, 0.1) is 41.5 Å². The Kier molecular flexibility index (Phi) is 10.1. The molecule has 0 heterocycles. The van der Waals surface area contributed by atoms with Gasteiger partial charge in [-0.05, 0) is 0 Å². The summed E-state index contributed by atoms with van der Waals surface area (Å²) in [5.41, 5.74) is 25.9. The minimum absolute atomic E-state index is 0.00207. The molecular formula is C52H56Cl2OZr. The zero-order chi connectivity index (χ0) is 40.2. The van der Waals surface area contributed by atoms with Gasteiger partial charge in [-0.25, -0.2) is 0 Å². The van der Waals surface area contributed by atoms with E-state index in [1.165, 1.54) is 106 Å². The van der Waals surface area contributed by atoms with E-state index in [2.05, 4.69) is 155 Å². The zero-order valence-electron chi connectivity index (χ0n) is 35.3. The van der Waals surface area contributed by atoms with Crippen molar-refractivity contribution in [2.75, 3.05) is 7.11 Å². The van der Waals surface area contributed by atoms with Crippen molar-refractivity contribution in [1.82, 2.24) is 0 Å². The average Bonchev–Trinajstić information content (AvgIpc) is 3.76. The van der Waals surface area contributed by atoms with Crippen molar-refractivity contribution in [2.24, 2.45) is 0 Å². The summed E-state index contributed by atoms with van der Waals surface area (Å²) in [6.07, 6.45) is 7.01. The van der Waals surface area contributed by atoms with Crippen molar-refractivity contribution in [3.05, 3.63) is 156 Å². The van der Waals surface area contributed by atoms with Crippen LogP contribution in [-0.4, -0.2) is 7.11 Å². The Labute approximate surface area is 347 Å². The second-order valence-electron chi connectivity index (χ2n) is 18.5. The van der Waals surface area contributed by atoms with Gasteiger partial charge in [-0.3, -0.25) is 0 Å². The average molecular weight is 859 g/mol. The van der Waals surface area contributed by atoms with E-state index in [9.17, 15) is 0 Å². The Morgan fingerprint density at radius 2 is 1.02 bits per heavy atom. The molecule has 288 valence electrons. The van der Waals surface area contributed by atoms with Gasteiger partial charge in [-0.2, -0.15) is 0 Å². The van der Waals surface area contributed by atoms with E-state index in [4.69, 9.17) is 21.8 Å². The summed E-state index contributed by atoms with van der Waals surface area (Å²) in [5, 5.41) is 0. The van der Waals surface area contributed by atoms with Crippen molar-refractivity contribution < 1.29 is 22.6 Å². The summed E-state index contributed by atoms with van der Waals surface area (Å²) in [6, 6.07) is 26.0. The summed E-state index contributed by atoms with van der Waals surface area (Å²) >= 11 is -4.31. The van der Waals surface area contributed by atoms with Gasteiger partial charge >= 0.3 is 350 Å². The molecule has 0 fully saturated rings. The maximum absolute atomic E-state index is 8.34. The first-order valence-corrected chi connectivity index (χ1v) is 29.5. The minimum atomic E-state index is -4.31. The molecule has 0 aliphatic heterocycles. The van der Waals surface area contributed by atoms with Gasteiger partial charge < -0.3 is 0 Å². The molecule has 8 rings (SSSR count).